The topological polar surface area (TPSA) is 72.4 Å². The molecule has 0 saturated heterocycles. The second kappa shape index (κ2) is 10.9. The van der Waals surface area contributed by atoms with E-state index in [-0.39, 0.29) is 36.6 Å². The predicted octanol–water partition coefficient (Wildman–Crippen LogP) is 4.57. The van der Waals surface area contributed by atoms with Crippen molar-refractivity contribution in [1.29, 1.82) is 0 Å². The van der Waals surface area contributed by atoms with Crippen LogP contribution in [0.1, 0.15) is 36.8 Å². The maximum Gasteiger partial charge on any atom is 0.251 e. The molecular formula is C21H28Cl2N4OS. The zero-order valence-electron chi connectivity index (χ0n) is 16.8. The first-order valence-corrected chi connectivity index (χ1v) is 10.1. The molecule has 0 fully saturated rings. The van der Waals surface area contributed by atoms with Crippen LogP contribution >= 0.6 is 36.6 Å². The second-order valence-corrected chi connectivity index (χ2v) is 8.29. The molecule has 1 unspecified atom stereocenters. The fraction of sp³-hybridized carbons (Fsp3) is 0.333. The highest BCUT2D eigenvalue weighted by Crippen LogP contribution is 2.23. The number of thioether (sulfide) groups is 1. The van der Waals surface area contributed by atoms with Gasteiger partial charge < -0.3 is 15.5 Å². The third-order valence-electron chi connectivity index (χ3n) is 5.01. The number of nitrogens with one attached hydrogen (secondary N) is 1. The lowest BCUT2D eigenvalue weighted by molar-refractivity contribution is 0.0883. The summed E-state index contributed by atoms with van der Waals surface area (Å²) in [6, 6.07) is 13.6. The number of halogens is 2. The van der Waals surface area contributed by atoms with E-state index in [9.17, 15) is 4.79 Å². The van der Waals surface area contributed by atoms with Gasteiger partial charge in [0.25, 0.3) is 5.91 Å². The average Bonchev–Trinajstić information content (AvgIpc) is 3.09. The van der Waals surface area contributed by atoms with Crippen LogP contribution in [-0.4, -0.2) is 27.4 Å². The Balaban J connectivity index is 0.00000210. The quantitative estimate of drug-likeness (QED) is 0.512. The minimum atomic E-state index is -0.409. The second-order valence-electron chi connectivity index (χ2n) is 7.24. The van der Waals surface area contributed by atoms with Gasteiger partial charge in [0.15, 0.2) is 0 Å². The lowest BCUT2D eigenvalue weighted by Crippen LogP contribution is -2.55. The van der Waals surface area contributed by atoms with Crippen molar-refractivity contribution in [3.05, 3.63) is 66.1 Å². The van der Waals surface area contributed by atoms with Gasteiger partial charge in [-0.1, -0.05) is 19.9 Å². The number of carbonyl (C=O) groups is 1. The lowest BCUT2D eigenvalue weighted by atomic mass is 9.88. The van der Waals surface area contributed by atoms with Gasteiger partial charge in [0.05, 0.1) is 11.2 Å². The molecule has 3 aromatic rings. The Morgan fingerprint density at radius 2 is 1.90 bits per heavy atom. The monoisotopic (exact) mass is 454 g/mol. The lowest BCUT2D eigenvalue weighted by Gasteiger charge is -2.33. The van der Waals surface area contributed by atoms with Crippen LogP contribution in [0.25, 0.3) is 5.65 Å². The largest absolute Gasteiger partial charge is 0.345 e. The molecule has 0 aliphatic heterocycles. The number of nitrogens with two attached hydrogens (primary N) is 1. The van der Waals surface area contributed by atoms with E-state index < -0.39 is 5.54 Å². The van der Waals surface area contributed by atoms with Crippen molar-refractivity contribution in [3.63, 3.8) is 0 Å². The Morgan fingerprint density at radius 3 is 2.48 bits per heavy atom. The maximum atomic E-state index is 12.5. The zero-order chi connectivity index (χ0) is 19.4. The van der Waals surface area contributed by atoms with E-state index in [0.717, 1.165) is 22.0 Å². The molecule has 29 heavy (non-hydrogen) atoms. The molecule has 1 atom stereocenters. The van der Waals surface area contributed by atoms with E-state index in [2.05, 4.69) is 24.1 Å². The van der Waals surface area contributed by atoms with Gasteiger partial charge in [-0.2, -0.15) is 0 Å². The first kappa shape index (κ1) is 25.3. The summed E-state index contributed by atoms with van der Waals surface area (Å²) in [5, 5.41) is 3.07. The molecule has 2 aromatic heterocycles. The van der Waals surface area contributed by atoms with Gasteiger partial charge in [0, 0.05) is 35.2 Å². The van der Waals surface area contributed by atoms with Crippen LogP contribution in [0, 0.1) is 5.92 Å². The molecule has 3 N–H and O–H groups in total. The van der Waals surface area contributed by atoms with Gasteiger partial charge in [-0.25, -0.2) is 4.98 Å². The first-order valence-electron chi connectivity index (χ1n) is 9.09. The Bertz CT molecular complexity index is 897. The molecule has 0 bridgehead atoms. The number of benzene rings is 1. The van der Waals surface area contributed by atoms with E-state index in [1.54, 1.807) is 11.8 Å². The van der Waals surface area contributed by atoms with Crippen molar-refractivity contribution >= 4 is 48.1 Å². The van der Waals surface area contributed by atoms with Crippen LogP contribution in [0.4, 0.5) is 0 Å². The van der Waals surface area contributed by atoms with Gasteiger partial charge in [0.1, 0.15) is 5.65 Å². The number of aromatic nitrogens is 2. The summed E-state index contributed by atoms with van der Waals surface area (Å²) in [5.74, 6) is 0.950. The van der Waals surface area contributed by atoms with E-state index >= 15 is 0 Å². The van der Waals surface area contributed by atoms with E-state index in [4.69, 9.17) is 5.73 Å². The number of carbonyl (C=O) groups excluding carboxylic acids is 1. The summed E-state index contributed by atoms with van der Waals surface area (Å²) in [7, 11) is 0. The van der Waals surface area contributed by atoms with Crippen molar-refractivity contribution < 1.29 is 4.79 Å². The number of pyridine rings is 1. The molecule has 158 valence electrons. The van der Waals surface area contributed by atoms with Crippen molar-refractivity contribution in [1.82, 2.24) is 14.7 Å². The van der Waals surface area contributed by atoms with Gasteiger partial charge in [-0.15, -0.1) is 36.6 Å². The molecule has 0 aliphatic rings. The summed E-state index contributed by atoms with van der Waals surface area (Å²) in [5.41, 5.74) is 8.08. The number of hydrogen-bond donors (Lipinski definition) is 2. The van der Waals surface area contributed by atoms with Gasteiger partial charge >= 0.3 is 0 Å². The Hall–Kier alpha value is -1.73. The molecular weight excluding hydrogens is 427 g/mol. The van der Waals surface area contributed by atoms with Gasteiger partial charge in [-0.3, -0.25) is 4.79 Å². The van der Waals surface area contributed by atoms with Crippen molar-refractivity contribution in [2.24, 2.45) is 11.7 Å². The molecule has 1 amide bonds. The van der Waals surface area contributed by atoms with Crippen LogP contribution in [0.15, 0.2) is 59.8 Å². The highest BCUT2D eigenvalue weighted by atomic mass is 35.5. The summed E-state index contributed by atoms with van der Waals surface area (Å²) in [6.45, 7) is 6.51. The molecule has 0 aliphatic carbocycles. The highest BCUT2D eigenvalue weighted by molar-refractivity contribution is 7.98. The SMILES string of the molecule is CC(C)C(C)(CN)NC(=O)c1ccc(SCc2cn3ccccc3n2)cc1.Cl.Cl. The third-order valence-corrected chi connectivity index (χ3v) is 6.06. The molecule has 3 rings (SSSR count). The zero-order valence-corrected chi connectivity index (χ0v) is 19.2. The fourth-order valence-electron chi connectivity index (χ4n) is 2.68. The Labute approximate surface area is 188 Å². The minimum Gasteiger partial charge on any atom is -0.345 e. The maximum absolute atomic E-state index is 12.5. The average molecular weight is 455 g/mol. The van der Waals surface area contributed by atoms with Gasteiger partial charge in [0.2, 0.25) is 0 Å². The van der Waals surface area contributed by atoms with Crippen molar-refractivity contribution in [2.45, 2.75) is 37.0 Å². The molecule has 8 heteroatoms. The Kier molecular flexibility index (Phi) is 9.49. The third kappa shape index (κ3) is 6.12. The molecule has 2 heterocycles. The Morgan fingerprint density at radius 1 is 1.21 bits per heavy atom. The number of nitrogens with zero attached hydrogens (tertiary/aromatic N) is 2. The normalized spacial score (nSPS) is 12.7. The first-order chi connectivity index (χ1) is 12.9. The summed E-state index contributed by atoms with van der Waals surface area (Å²) in [4.78, 5) is 18.2. The van der Waals surface area contributed by atoms with Crippen molar-refractivity contribution in [3.8, 4) is 0 Å². The summed E-state index contributed by atoms with van der Waals surface area (Å²) >= 11 is 1.70. The standard InChI is InChI=1S/C21H26N4OS.2ClH/c1-15(2)21(3,14-22)24-20(26)16-7-9-18(10-8-16)27-13-17-12-25-11-5-4-6-19(25)23-17;;/h4-12,15H,13-14,22H2,1-3H3,(H,24,26);2*1H. The van der Waals surface area contributed by atoms with Crippen LogP contribution in [-0.2, 0) is 5.75 Å². The molecule has 0 radical (unpaired) electrons. The number of rotatable bonds is 7. The molecule has 5 nitrogen and oxygen atoms in total. The smallest absolute Gasteiger partial charge is 0.251 e. The van der Waals surface area contributed by atoms with E-state index in [1.807, 2.05) is 66.2 Å². The fourth-order valence-corrected chi connectivity index (χ4v) is 3.46. The summed E-state index contributed by atoms with van der Waals surface area (Å²) in [6.07, 6.45) is 4.04. The van der Waals surface area contributed by atoms with Gasteiger partial charge in [-0.05, 0) is 49.2 Å². The number of imidazole rings is 1. The molecule has 1 aromatic carbocycles. The van der Waals surface area contributed by atoms with E-state index in [0.29, 0.717) is 12.1 Å². The minimum absolute atomic E-state index is 0. The van der Waals surface area contributed by atoms with Crippen LogP contribution < -0.4 is 11.1 Å². The molecule has 0 spiro atoms. The van der Waals surface area contributed by atoms with E-state index in [1.165, 1.54) is 0 Å². The van der Waals surface area contributed by atoms with Crippen LogP contribution in [0.3, 0.4) is 0 Å². The molecule has 0 saturated carbocycles. The highest BCUT2D eigenvalue weighted by Gasteiger charge is 2.28. The summed E-state index contributed by atoms with van der Waals surface area (Å²) < 4.78 is 2.02. The number of hydrogen-bond acceptors (Lipinski definition) is 4. The number of fused-ring (bicyclic) bond motifs is 1. The predicted molar refractivity (Wildman–Crippen MR) is 125 cm³/mol. The number of amides is 1. The van der Waals surface area contributed by atoms with Crippen molar-refractivity contribution in [2.75, 3.05) is 6.54 Å². The van der Waals surface area contributed by atoms with Crippen LogP contribution in [0.2, 0.25) is 0 Å². The van der Waals surface area contributed by atoms with Crippen LogP contribution in [0.5, 0.6) is 0 Å².